The number of benzene rings is 2. The lowest BCUT2D eigenvalue weighted by Gasteiger charge is -2.19. The Morgan fingerprint density at radius 1 is 1.00 bits per heavy atom. The topological polar surface area (TPSA) is 66.9 Å². The number of para-hydroxylation sites is 1. The summed E-state index contributed by atoms with van der Waals surface area (Å²) in [6.07, 6.45) is 1.45. The number of nitrogens with one attached hydrogen (secondary N) is 2. The van der Waals surface area contributed by atoms with Gasteiger partial charge in [-0.15, -0.1) is 0 Å². The Morgan fingerprint density at radius 2 is 1.70 bits per heavy atom. The maximum Gasteiger partial charge on any atom is 0.274 e. The summed E-state index contributed by atoms with van der Waals surface area (Å²) in [5.41, 5.74) is 2.33. The first-order valence-electron chi connectivity index (χ1n) is 8.59. The minimum Gasteiger partial charge on any atom is -0.322 e. The van der Waals surface area contributed by atoms with Gasteiger partial charge in [0, 0.05) is 11.9 Å². The lowest BCUT2D eigenvalue weighted by molar-refractivity contribution is 0.102. The summed E-state index contributed by atoms with van der Waals surface area (Å²) in [4.78, 5) is 20.7. The zero-order valence-electron chi connectivity index (χ0n) is 15.5. The highest BCUT2D eigenvalue weighted by molar-refractivity contribution is 6.03. The number of hydrogen-bond acceptors (Lipinski definition) is 4. The Kier molecular flexibility index (Phi) is 5.16. The number of halogens is 1. The van der Waals surface area contributed by atoms with E-state index in [0.29, 0.717) is 5.69 Å². The highest BCUT2D eigenvalue weighted by atomic mass is 19.1. The highest BCUT2D eigenvalue weighted by Crippen LogP contribution is 2.23. The molecule has 2 aromatic carbocycles. The lowest BCUT2D eigenvalue weighted by atomic mass is 9.87. The van der Waals surface area contributed by atoms with Crippen LogP contribution in [0.15, 0.2) is 60.8 Å². The van der Waals surface area contributed by atoms with Crippen LogP contribution >= 0.6 is 0 Å². The van der Waals surface area contributed by atoms with Crippen molar-refractivity contribution in [2.24, 2.45) is 0 Å². The fourth-order valence-corrected chi connectivity index (χ4v) is 2.48. The van der Waals surface area contributed by atoms with Crippen molar-refractivity contribution in [3.63, 3.8) is 0 Å². The van der Waals surface area contributed by atoms with Crippen LogP contribution in [0.3, 0.4) is 0 Å². The molecule has 5 nitrogen and oxygen atoms in total. The van der Waals surface area contributed by atoms with Crippen molar-refractivity contribution in [3.05, 3.63) is 77.9 Å². The molecule has 1 heterocycles. The van der Waals surface area contributed by atoms with Gasteiger partial charge in [0.25, 0.3) is 5.91 Å². The quantitative estimate of drug-likeness (QED) is 0.690. The Hall–Kier alpha value is -3.28. The van der Waals surface area contributed by atoms with Crippen LogP contribution in [-0.2, 0) is 5.41 Å². The van der Waals surface area contributed by atoms with Gasteiger partial charge in [-0.3, -0.25) is 4.79 Å². The molecule has 27 heavy (non-hydrogen) atoms. The number of hydrogen-bond donors (Lipinski definition) is 2. The van der Waals surface area contributed by atoms with Gasteiger partial charge in [-0.2, -0.15) is 0 Å². The molecule has 2 N–H and O–H groups in total. The van der Waals surface area contributed by atoms with E-state index in [1.165, 1.54) is 23.9 Å². The molecule has 0 spiro atoms. The largest absolute Gasteiger partial charge is 0.322 e. The molecule has 0 fully saturated rings. The van der Waals surface area contributed by atoms with E-state index in [2.05, 4.69) is 41.4 Å². The van der Waals surface area contributed by atoms with Gasteiger partial charge >= 0.3 is 0 Å². The molecule has 0 aliphatic heterocycles. The third kappa shape index (κ3) is 4.67. The van der Waals surface area contributed by atoms with Gasteiger partial charge in [0.2, 0.25) is 5.95 Å². The fourth-order valence-electron chi connectivity index (χ4n) is 2.48. The van der Waals surface area contributed by atoms with Crippen molar-refractivity contribution in [1.29, 1.82) is 0 Å². The van der Waals surface area contributed by atoms with Crippen molar-refractivity contribution in [3.8, 4) is 0 Å². The van der Waals surface area contributed by atoms with E-state index < -0.39 is 5.82 Å². The molecular formula is C21H21FN4O. The van der Waals surface area contributed by atoms with Crippen LogP contribution in [0.2, 0.25) is 0 Å². The summed E-state index contributed by atoms with van der Waals surface area (Å²) in [7, 11) is 0. The van der Waals surface area contributed by atoms with E-state index in [1.807, 2.05) is 24.3 Å². The second kappa shape index (κ2) is 7.53. The molecule has 1 amide bonds. The van der Waals surface area contributed by atoms with Gasteiger partial charge in [-0.05, 0) is 41.3 Å². The summed E-state index contributed by atoms with van der Waals surface area (Å²) < 4.78 is 13.7. The first-order chi connectivity index (χ1) is 12.8. The molecular weight excluding hydrogens is 343 g/mol. The first kappa shape index (κ1) is 18.5. The van der Waals surface area contributed by atoms with Crippen LogP contribution in [0.5, 0.6) is 0 Å². The van der Waals surface area contributed by atoms with Crippen molar-refractivity contribution < 1.29 is 9.18 Å². The predicted octanol–water partition coefficient (Wildman–Crippen LogP) is 4.91. The molecule has 0 bridgehead atoms. The minimum absolute atomic E-state index is 0.0441. The number of amides is 1. The SMILES string of the molecule is CC(C)(C)c1ccc(NC(=O)c2ccnc(Nc3ccccc3F)n2)cc1. The Morgan fingerprint density at radius 3 is 2.37 bits per heavy atom. The molecule has 0 aliphatic rings. The summed E-state index contributed by atoms with van der Waals surface area (Å²) in [5, 5.41) is 5.59. The van der Waals surface area contributed by atoms with Crippen LogP contribution in [-0.4, -0.2) is 15.9 Å². The van der Waals surface area contributed by atoms with Gasteiger partial charge < -0.3 is 10.6 Å². The Labute approximate surface area is 157 Å². The number of anilines is 3. The maximum atomic E-state index is 13.7. The predicted molar refractivity (Wildman–Crippen MR) is 105 cm³/mol. The average Bonchev–Trinajstić information content (AvgIpc) is 2.63. The van der Waals surface area contributed by atoms with Crippen LogP contribution in [0.4, 0.5) is 21.7 Å². The number of aromatic nitrogens is 2. The second-order valence-corrected chi connectivity index (χ2v) is 7.15. The van der Waals surface area contributed by atoms with Crippen molar-refractivity contribution in [2.75, 3.05) is 10.6 Å². The minimum atomic E-state index is -0.421. The molecule has 0 saturated carbocycles. The van der Waals surface area contributed by atoms with Crippen LogP contribution in [0.1, 0.15) is 36.8 Å². The van der Waals surface area contributed by atoms with Gasteiger partial charge in [0.15, 0.2) is 0 Å². The first-order valence-corrected chi connectivity index (χ1v) is 8.59. The molecule has 3 aromatic rings. The monoisotopic (exact) mass is 364 g/mol. The molecule has 1 aromatic heterocycles. The Bertz CT molecular complexity index is 949. The Balaban J connectivity index is 1.73. The van der Waals surface area contributed by atoms with E-state index in [0.717, 1.165) is 0 Å². The van der Waals surface area contributed by atoms with Crippen LogP contribution in [0, 0.1) is 5.82 Å². The van der Waals surface area contributed by atoms with Crippen LogP contribution in [0.25, 0.3) is 0 Å². The van der Waals surface area contributed by atoms with E-state index in [9.17, 15) is 9.18 Å². The van der Waals surface area contributed by atoms with Gasteiger partial charge in [0.05, 0.1) is 5.69 Å². The molecule has 0 radical (unpaired) electrons. The molecule has 3 rings (SSSR count). The molecule has 0 atom stereocenters. The third-order valence-electron chi connectivity index (χ3n) is 4.02. The zero-order chi connectivity index (χ0) is 19.4. The van der Waals surface area contributed by atoms with Crippen molar-refractivity contribution in [1.82, 2.24) is 9.97 Å². The number of carbonyl (C=O) groups is 1. The van der Waals surface area contributed by atoms with Gasteiger partial charge in [0.1, 0.15) is 11.5 Å². The second-order valence-electron chi connectivity index (χ2n) is 7.15. The number of carbonyl (C=O) groups excluding carboxylic acids is 1. The van der Waals surface area contributed by atoms with E-state index in [1.54, 1.807) is 18.2 Å². The molecule has 0 saturated heterocycles. The van der Waals surface area contributed by atoms with Crippen LogP contribution < -0.4 is 10.6 Å². The zero-order valence-corrected chi connectivity index (χ0v) is 15.5. The highest BCUT2D eigenvalue weighted by Gasteiger charge is 2.14. The molecule has 6 heteroatoms. The van der Waals surface area contributed by atoms with Gasteiger partial charge in [-0.25, -0.2) is 14.4 Å². The fraction of sp³-hybridized carbons (Fsp3) is 0.190. The number of rotatable bonds is 4. The lowest BCUT2D eigenvalue weighted by Crippen LogP contribution is -2.15. The molecule has 0 aliphatic carbocycles. The van der Waals surface area contributed by atoms with Gasteiger partial charge in [-0.1, -0.05) is 45.0 Å². The standard InChI is InChI=1S/C21H21FN4O/c1-21(2,3)14-8-10-15(11-9-14)24-19(27)18-12-13-23-20(26-18)25-17-7-5-4-6-16(17)22/h4-13H,1-3H3,(H,24,27)(H,23,25,26). The van der Waals surface area contributed by atoms with E-state index >= 15 is 0 Å². The summed E-state index contributed by atoms with van der Waals surface area (Å²) in [6, 6.07) is 15.4. The summed E-state index contributed by atoms with van der Waals surface area (Å²) in [6.45, 7) is 6.39. The third-order valence-corrected chi connectivity index (χ3v) is 4.02. The summed E-state index contributed by atoms with van der Waals surface area (Å²) >= 11 is 0. The molecule has 0 unspecified atom stereocenters. The van der Waals surface area contributed by atoms with Crippen molar-refractivity contribution >= 4 is 23.2 Å². The maximum absolute atomic E-state index is 13.7. The van der Waals surface area contributed by atoms with E-state index in [-0.39, 0.29) is 28.7 Å². The summed E-state index contributed by atoms with van der Waals surface area (Å²) in [5.74, 6) is -0.636. The average molecular weight is 364 g/mol. The number of nitrogens with zero attached hydrogens (tertiary/aromatic N) is 2. The molecule has 138 valence electrons. The smallest absolute Gasteiger partial charge is 0.274 e. The van der Waals surface area contributed by atoms with E-state index in [4.69, 9.17) is 0 Å². The normalized spacial score (nSPS) is 11.1. The van der Waals surface area contributed by atoms with Crippen molar-refractivity contribution in [2.45, 2.75) is 26.2 Å².